The van der Waals surface area contributed by atoms with E-state index in [2.05, 4.69) is 5.32 Å². The van der Waals surface area contributed by atoms with Crippen LogP contribution in [0.15, 0.2) is 24.3 Å². The van der Waals surface area contributed by atoms with Crippen molar-refractivity contribution in [3.05, 3.63) is 29.8 Å². The molecule has 0 fully saturated rings. The molecule has 0 amide bonds. The molecule has 0 heterocycles. The van der Waals surface area contributed by atoms with Gasteiger partial charge in [0.05, 0.1) is 13.7 Å². The minimum absolute atomic E-state index is 0.335. The number of hydrogen-bond acceptors (Lipinski definition) is 4. The van der Waals surface area contributed by atoms with Crippen molar-refractivity contribution in [3.63, 3.8) is 0 Å². The normalized spacial score (nSPS) is 12.1. The maximum Gasteiger partial charge on any atom is 0.323 e. The number of aliphatic hydroxyl groups is 1. The highest BCUT2D eigenvalue weighted by molar-refractivity contribution is 5.73. The van der Waals surface area contributed by atoms with E-state index < -0.39 is 18.6 Å². The van der Waals surface area contributed by atoms with Gasteiger partial charge < -0.3 is 14.9 Å². The molecule has 0 bridgehead atoms. The highest BCUT2D eigenvalue weighted by Gasteiger charge is 2.15. The lowest BCUT2D eigenvalue weighted by atomic mass is 10.2. The summed E-state index contributed by atoms with van der Waals surface area (Å²) in [5, 5.41) is 20.3. The first-order valence-electron chi connectivity index (χ1n) is 4.88. The quantitative estimate of drug-likeness (QED) is 0.646. The first-order valence-corrected chi connectivity index (χ1v) is 4.88. The molecule has 0 saturated heterocycles. The summed E-state index contributed by atoms with van der Waals surface area (Å²) in [4.78, 5) is 10.7. The lowest BCUT2D eigenvalue weighted by Gasteiger charge is -2.13. The summed E-state index contributed by atoms with van der Waals surface area (Å²) in [6.07, 6.45) is 0. The number of aliphatic hydroxyl groups excluding tert-OH is 1. The van der Waals surface area contributed by atoms with E-state index in [1.165, 1.54) is 0 Å². The van der Waals surface area contributed by atoms with Gasteiger partial charge in [0, 0.05) is 12.1 Å². The molecule has 88 valence electrons. The second-order valence-electron chi connectivity index (χ2n) is 3.27. The van der Waals surface area contributed by atoms with Crippen LogP contribution < -0.4 is 10.1 Å². The summed E-state index contributed by atoms with van der Waals surface area (Å²) >= 11 is 0. The van der Waals surface area contributed by atoms with E-state index in [0.717, 1.165) is 5.56 Å². The molecule has 5 heteroatoms. The van der Waals surface area contributed by atoms with Gasteiger partial charge in [0.2, 0.25) is 0 Å². The molecule has 0 aliphatic rings. The number of ether oxygens (including phenoxy) is 1. The van der Waals surface area contributed by atoms with E-state index in [9.17, 15) is 4.79 Å². The van der Waals surface area contributed by atoms with Gasteiger partial charge in [-0.25, -0.2) is 0 Å². The largest absolute Gasteiger partial charge is 0.496 e. The minimum atomic E-state index is -1.07. The van der Waals surface area contributed by atoms with Crippen molar-refractivity contribution in [1.82, 2.24) is 5.32 Å². The number of carbonyl (C=O) groups is 1. The van der Waals surface area contributed by atoms with Crippen molar-refractivity contribution >= 4 is 5.97 Å². The molecule has 0 aliphatic heterocycles. The number of para-hydroxylation sites is 1. The molecule has 5 nitrogen and oxygen atoms in total. The Labute approximate surface area is 93.7 Å². The monoisotopic (exact) mass is 225 g/mol. The molecule has 16 heavy (non-hydrogen) atoms. The van der Waals surface area contributed by atoms with Gasteiger partial charge in [0.15, 0.2) is 0 Å². The van der Waals surface area contributed by atoms with Crippen molar-refractivity contribution in [2.75, 3.05) is 13.7 Å². The highest BCUT2D eigenvalue weighted by Crippen LogP contribution is 2.16. The Balaban J connectivity index is 2.63. The summed E-state index contributed by atoms with van der Waals surface area (Å²) in [7, 11) is 1.56. The summed E-state index contributed by atoms with van der Waals surface area (Å²) in [6, 6.07) is 6.36. The maximum atomic E-state index is 10.7. The van der Waals surface area contributed by atoms with Crippen LogP contribution in [-0.2, 0) is 11.3 Å². The van der Waals surface area contributed by atoms with Crippen LogP contribution in [0.2, 0.25) is 0 Å². The number of benzene rings is 1. The number of methoxy groups -OCH3 is 1. The Hall–Kier alpha value is -1.59. The third-order valence-corrected chi connectivity index (χ3v) is 2.21. The third kappa shape index (κ3) is 3.22. The van der Waals surface area contributed by atoms with E-state index in [1.54, 1.807) is 13.2 Å². The molecule has 0 spiro atoms. The zero-order valence-electron chi connectivity index (χ0n) is 9.01. The van der Waals surface area contributed by atoms with Gasteiger partial charge in [-0.05, 0) is 6.07 Å². The average Bonchev–Trinajstić information content (AvgIpc) is 2.30. The Bertz CT molecular complexity index is 354. The summed E-state index contributed by atoms with van der Waals surface area (Å²) in [6.45, 7) is -0.105. The van der Waals surface area contributed by atoms with Crippen LogP contribution in [0.25, 0.3) is 0 Å². The lowest BCUT2D eigenvalue weighted by Crippen LogP contribution is -2.39. The first kappa shape index (κ1) is 12.5. The smallest absolute Gasteiger partial charge is 0.323 e. The van der Waals surface area contributed by atoms with E-state index in [-0.39, 0.29) is 0 Å². The third-order valence-electron chi connectivity index (χ3n) is 2.21. The average molecular weight is 225 g/mol. The fraction of sp³-hybridized carbons (Fsp3) is 0.364. The lowest BCUT2D eigenvalue weighted by molar-refractivity contribution is -0.140. The van der Waals surface area contributed by atoms with Crippen LogP contribution in [0.1, 0.15) is 5.56 Å². The minimum Gasteiger partial charge on any atom is -0.496 e. The number of carboxylic acid groups (broad SMARTS) is 1. The Kier molecular flexibility index (Phi) is 4.75. The van der Waals surface area contributed by atoms with Crippen molar-refractivity contribution < 1.29 is 19.7 Å². The second kappa shape index (κ2) is 6.09. The van der Waals surface area contributed by atoms with Gasteiger partial charge >= 0.3 is 5.97 Å². The molecule has 0 unspecified atom stereocenters. The molecular formula is C11H15NO4. The topological polar surface area (TPSA) is 78.8 Å². The molecule has 0 saturated carbocycles. The molecule has 0 radical (unpaired) electrons. The van der Waals surface area contributed by atoms with Crippen LogP contribution in [0.4, 0.5) is 0 Å². The Morgan fingerprint density at radius 3 is 2.75 bits per heavy atom. The molecule has 1 rings (SSSR count). The molecular weight excluding hydrogens is 210 g/mol. The van der Waals surface area contributed by atoms with Crippen LogP contribution in [-0.4, -0.2) is 35.9 Å². The predicted molar refractivity (Wildman–Crippen MR) is 58.3 cm³/mol. The van der Waals surface area contributed by atoms with Crippen molar-refractivity contribution in [3.8, 4) is 5.75 Å². The van der Waals surface area contributed by atoms with E-state index in [0.29, 0.717) is 12.3 Å². The molecule has 0 aliphatic carbocycles. The number of aliphatic carboxylic acids is 1. The van der Waals surface area contributed by atoms with Gasteiger partial charge in [-0.15, -0.1) is 0 Å². The predicted octanol–water partition coefficient (Wildman–Crippen LogP) is 0.230. The van der Waals surface area contributed by atoms with E-state index >= 15 is 0 Å². The van der Waals surface area contributed by atoms with Gasteiger partial charge in [-0.1, -0.05) is 18.2 Å². The van der Waals surface area contributed by atoms with Crippen molar-refractivity contribution in [2.45, 2.75) is 12.6 Å². The number of hydrogen-bond donors (Lipinski definition) is 3. The highest BCUT2D eigenvalue weighted by atomic mass is 16.5. The van der Waals surface area contributed by atoms with Gasteiger partial charge in [-0.3, -0.25) is 10.1 Å². The molecule has 0 aromatic heterocycles. The van der Waals surface area contributed by atoms with Crippen LogP contribution >= 0.6 is 0 Å². The molecule has 1 aromatic carbocycles. The molecule has 1 atom stereocenters. The summed E-state index contributed by atoms with van der Waals surface area (Å²) in [5.41, 5.74) is 0.852. The SMILES string of the molecule is COc1ccccc1CN[C@H](CO)C(=O)O. The Morgan fingerprint density at radius 1 is 1.50 bits per heavy atom. The zero-order chi connectivity index (χ0) is 12.0. The van der Waals surface area contributed by atoms with E-state index in [1.807, 2.05) is 18.2 Å². The van der Waals surface area contributed by atoms with Crippen molar-refractivity contribution in [1.29, 1.82) is 0 Å². The second-order valence-corrected chi connectivity index (χ2v) is 3.27. The van der Waals surface area contributed by atoms with Crippen LogP contribution in [0.5, 0.6) is 5.75 Å². The number of nitrogens with one attached hydrogen (secondary N) is 1. The van der Waals surface area contributed by atoms with Crippen LogP contribution in [0.3, 0.4) is 0 Å². The maximum absolute atomic E-state index is 10.7. The number of carboxylic acids is 1. The Morgan fingerprint density at radius 2 is 2.19 bits per heavy atom. The van der Waals surface area contributed by atoms with Crippen molar-refractivity contribution in [2.24, 2.45) is 0 Å². The zero-order valence-corrected chi connectivity index (χ0v) is 9.01. The van der Waals surface area contributed by atoms with Gasteiger partial charge in [0.1, 0.15) is 11.8 Å². The van der Waals surface area contributed by atoms with E-state index in [4.69, 9.17) is 14.9 Å². The summed E-state index contributed by atoms with van der Waals surface area (Å²) in [5.74, 6) is -0.380. The summed E-state index contributed by atoms with van der Waals surface area (Å²) < 4.78 is 5.12. The molecule has 1 aromatic rings. The first-order chi connectivity index (χ1) is 7.69. The molecule has 3 N–H and O–H groups in total. The fourth-order valence-electron chi connectivity index (χ4n) is 1.31. The fourth-order valence-corrected chi connectivity index (χ4v) is 1.31. The van der Waals surface area contributed by atoms with Crippen LogP contribution in [0, 0.1) is 0 Å². The van der Waals surface area contributed by atoms with Gasteiger partial charge in [-0.2, -0.15) is 0 Å². The number of rotatable bonds is 6. The van der Waals surface area contributed by atoms with Gasteiger partial charge in [0.25, 0.3) is 0 Å². The standard InChI is InChI=1S/C11H15NO4/c1-16-10-5-3-2-4-8(10)6-12-9(7-13)11(14)15/h2-5,9,12-13H,6-7H2,1H3,(H,14,15)/t9-/m1/s1.